The SMILES string of the molecule is CC(C)CC(CC(C)C)NCC1CCCCC1C(=O)O. The lowest BCUT2D eigenvalue weighted by Gasteiger charge is -2.31. The number of hydrogen-bond acceptors (Lipinski definition) is 2. The van der Waals surface area contributed by atoms with Gasteiger partial charge in [0.1, 0.15) is 0 Å². The number of carboxylic acids is 1. The monoisotopic (exact) mass is 283 g/mol. The first-order valence-corrected chi connectivity index (χ1v) is 8.36. The Hall–Kier alpha value is -0.570. The molecule has 2 unspecified atom stereocenters. The second-order valence-corrected chi connectivity index (χ2v) is 7.35. The van der Waals surface area contributed by atoms with Crippen LogP contribution >= 0.6 is 0 Å². The van der Waals surface area contributed by atoms with Crippen LogP contribution in [0.25, 0.3) is 0 Å². The summed E-state index contributed by atoms with van der Waals surface area (Å²) in [6, 6.07) is 0.534. The molecule has 118 valence electrons. The molecule has 0 aromatic carbocycles. The van der Waals surface area contributed by atoms with Gasteiger partial charge in [0.2, 0.25) is 0 Å². The summed E-state index contributed by atoms with van der Waals surface area (Å²) in [6.45, 7) is 9.91. The van der Waals surface area contributed by atoms with E-state index in [2.05, 4.69) is 33.0 Å². The van der Waals surface area contributed by atoms with Crippen molar-refractivity contribution in [3.63, 3.8) is 0 Å². The van der Waals surface area contributed by atoms with Gasteiger partial charge in [0, 0.05) is 6.04 Å². The van der Waals surface area contributed by atoms with Crippen LogP contribution in [0.1, 0.15) is 66.2 Å². The number of carboxylic acid groups (broad SMARTS) is 1. The highest BCUT2D eigenvalue weighted by Crippen LogP contribution is 2.30. The quantitative estimate of drug-likeness (QED) is 0.709. The van der Waals surface area contributed by atoms with Gasteiger partial charge in [-0.1, -0.05) is 40.5 Å². The first kappa shape index (κ1) is 17.5. The highest BCUT2D eigenvalue weighted by molar-refractivity contribution is 5.70. The number of rotatable bonds is 8. The van der Waals surface area contributed by atoms with Gasteiger partial charge in [-0.3, -0.25) is 4.79 Å². The molecule has 0 aromatic heterocycles. The van der Waals surface area contributed by atoms with Crippen LogP contribution in [0.2, 0.25) is 0 Å². The Bertz CT molecular complexity index is 279. The van der Waals surface area contributed by atoms with E-state index in [0.717, 1.165) is 25.8 Å². The van der Waals surface area contributed by atoms with Crippen molar-refractivity contribution in [2.75, 3.05) is 6.54 Å². The molecule has 20 heavy (non-hydrogen) atoms. The van der Waals surface area contributed by atoms with Crippen LogP contribution in [0.5, 0.6) is 0 Å². The third kappa shape index (κ3) is 6.25. The molecule has 3 nitrogen and oxygen atoms in total. The molecule has 2 N–H and O–H groups in total. The average molecular weight is 283 g/mol. The van der Waals surface area contributed by atoms with Crippen LogP contribution in [0.4, 0.5) is 0 Å². The van der Waals surface area contributed by atoms with E-state index in [1.807, 2.05) is 0 Å². The minimum atomic E-state index is -0.597. The summed E-state index contributed by atoms with van der Waals surface area (Å²) in [5.41, 5.74) is 0. The zero-order valence-corrected chi connectivity index (χ0v) is 13.7. The van der Waals surface area contributed by atoms with Crippen LogP contribution in [0.15, 0.2) is 0 Å². The predicted molar refractivity (Wildman–Crippen MR) is 83.8 cm³/mol. The second kappa shape index (κ2) is 8.66. The van der Waals surface area contributed by atoms with Gasteiger partial charge in [0.05, 0.1) is 5.92 Å². The Morgan fingerprint density at radius 2 is 1.65 bits per heavy atom. The largest absolute Gasteiger partial charge is 0.481 e. The Morgan fingerprint density at radius 1 is 1.10 bits per heavy atom. The highest BCUT2D eigenvalue weighted by Gasteiger charge is 2.30. The number of hydrogen-bond donors (Lipinski definition) is 2. The van der Waals surface area contributed by atoms with E-state index in [0.29, 0.717) is 23.8 Å². The van der Waals surface area contributed by atoms with Gasteiger partial charge in [-0.2, -0.15) is 0 Å². The van der Waals surface area contributed by atoms with Gasteiger partial charge < -0.3 is 10.4 Å². The van der Waals surface area contributed by atoms with E-state index in [-0.39, 0.29) is 5.92 Å². The van der Waals surface area contributed by atoms with E-state index in [1.54, 1.807) is 0 Å². The summed E-state index contributed by atoms with van der Waals surface area (Å²) in [5.74, 6) is 0.972. The minimum Gasteiger partial charge on any atom is -0.481 e. The van der Waals surface area contributed by atoms with Crippen molar-refractivity contribution in [3.05, 3.63) is 0 Å². The van der Waals surface area contributed by atoms with Crippen molar-refractivity contribution < 1.29 is 9.90 Å². The van der Waals surface area contributed by atoms with Crippen LogP contribution in [0.3, 0.4) is 0 Å². The Morgan fingerprint density at radius 3 is 2.15 bits per heavy atom. The second-order valence-electron chi connectivity index (χ2n) is 7.35. The molecule has 0 aromatic rings. The molecule has 1 aliphatic carbocycles. The maximum absolute atomic E-state index is 11.3. The lowest BCUT2D eigenvalue weighted by atomic mass is 9.79. The maximum Gasteiger partial charge on any atom is 0.306 e. The van der Waals surface area contributed by atoms with Crippen LogP contribution in [-0.4, -0.2) is 23.7 Å². The summed E-state index contributed by atoms with van der Waals surface area (Å²) < 4.78 is 0. The predicted octanol–water partition coefficient (Wildman–Crippen LogP) is 3.93. The standard InChI is InChI=1S/C17H33NO2/c1-12(2)9-15(10-13(3)4)18-11-14-7-5-6-8-16(14)17(19)20/h12-16,18H,5-11H2,1-4H3,(H,19,20). The minimum absolute atomic E-state index is 0.130. The van der Waals surface area contributed by atoms with Crippen LogP contribution in [0, 0.1) is 23.7 Å². The normalized spacial score (nSPS) is 23.8. The molecular weight excluding hydrogens is 250 g/mol. The van der Waals surface area contributed by atoms with Gasteiger partial charge in [0.15, 0.2) is 0 Å². The molecule has 0 bridgehead atoms. The van der Waals surface area contributed by atoms with Gasteiger partial charge in [-0.15, -0.1) is 0 Å². The maximum atomic E-state index is 11.3. The van der Waals surface area contributed by atoms with Crippen LogP contribution < -0.4 is 5.32 Å². The van der Waals surface area contributed by atoms with E-state index < -0.39 is 5.97 Å². The fraction of sp³-hybridized carbons (Fsp3) is 0.941. The smallest absolute Gasteiger partial charge is 0.306 e. The van der Waals surface area contributed by atoms with Crippen molar-refractivity contribution in [1.29, 1.82) is 0 Å². The number of nitrogens with one attached hydrogen (secondary N) is 1. The molecule has 0 saturated heterocycles. The average Bonchev–Trinajstić information content (AvgIpc) is 2.34. The number of aliphatic carboxylic acids is 1. The van der Waals surface area contributed by atoms with Crippen molar-refractivity contribution in [1.82, 2.24) is 5.32 Å². The summed E-state index contributed by atoms with van der Waals surface area (Å²) in [4.78, 5) is 11.3. The fourth-order valence-electron chi connectivity index (χ4n) is 3.50. The van der Waals surface area contributed by atoms with E-state index in [1.165, 1.54) is 19.3 Å². The molecule has 1 aliphatic rings. The van der Waals surface area contributed by atoms with Crippen molar-refractivity contribution in [3.8, 4) is 0 Å². The molecular formula is C17H33NO2. The Balaban J connectivity index is 2.49. The number of carbonyl (C=O) groups is 1. The van der Waals surface area contributed by atoms with Crippen molar-refractivity contribution in [2.24, 2.45) is 23.7 Å². The van der Waals surface area contributed by atoms with Gasteiger partial charge in [-0.25, -0.2) is 0 Å². The molecule has 3 heteroatoms. The van der Waals surface area contributed by atoms with Crippen molar-refractivity contribution in [2.45, 2.75) is 72.3 Å². The Kier molecular flexibility index (Phi) is 7.57. The Labute approximate surface area is 124 Å². The molecule has 2 atom stereocenters. The van der Waals surface area contributed by atoms with Gasteiger partial charge in [-0.05, 0) is 50.0 Å². The lowest BCUT2D eigenvalue weighted by molar-refractivity contribution is -0.144. The third-order valence-electron chi connectivity index (χ3n) is 4.41. The first-order chi connectivity index (χ1) is 9.40. The highest BCUT2D eigenvalue weighted by atomic mass is 16.4. The zero-order chi connectivity index (χ0) is 15.1. The fourth-order valence-corrected chi connectivity index (χ4v) is 3.50. The molecule has 1 fully saturated rings. The summed E-state index contributed by atoms with van der Waals surface area (Å²) in [7, 11) is 0. The third-order valence-corrected chi connectivity index (χ3v) is 4.41. The van der Waals surface area contributed by atoms with Gasteiger partial charge >= 0.3 is 5.97 Å². The van der Waals surface area contributed by atoms with E-state index >= 15 is 0 Å². The summed E-state index contributed by atoms with van der Waals surface area (Å²) in [6.07, 6.45) is 6.57. The molecule has 1 saturated carbocycles. The van der Waals surface area contributed by atoms with Crippen molar-refractivity contribution >= 4 is 5.97 Å². The molecule has 0 radical (unpaired) electrons. The molecule has 1 rings (SSSR count). The summed E-state index contributed by atoms with van der Waals surface area (Å²) in [5, 5.41) is 13.0. The van der Waals surface area contributed by atoms with Crippen LogP contribution in [-0.2, 0) is 4.79 Å². The topological polar surface area (TPSA) is 49.3 Å². The molecule has 0 heterocycles. The molecule has 0 spiro atoms. The zero-order valence-electron chi connectivity index (χ0n) is 13.7. The molecule has 0 aliphatic heterocycles. The first-order valence-electron chi connectivity index (χ1n) is 8.36. The molecule has 0 amide bonds. The lowest BCUT2D eigenvalue weighted by Crippen LogP contribution is -2.40. The van der Waals surface area contributed by atoms with Gasteiger partial charge in [0.25, 0.3) is 0 Å². The summed E-state index contributed by atoms with van der Waals surface area (Å²) >= 11 is 0. The van der Waals surface area contributed by atoms with E-state index in [9.17, 15) is 9.90 Å². The van der Waals surface area contributed by atoms with E-state index in [4.69, 9.17) is 0 Å².